The van der Waals surface area contributed by atoms with Crippen LogP contribution in [-0.4, -0.2) is 22.4 Å². The molecule has 112 valence electrons. The van der Waals surface area contributed by atoms with Crippen molar-refractivity contribution in [1.82, 2.24) is 9.36 Å². The largest absolute Gasteiger partial charge is 0.497 e. The van der Waals surface area contributed by atoms with Crippen molar-refractivity contribution in [3.8, 4) is 17.1 Å². The molecular formula is C15H13N3O2S2. The van der Waals surface area contributed by atoms with Gasteiger partial charge in [-0.05, 0) is 42.1 Å². The maximum atomic E-state index is 12.1. The smallest absolute Gasteiger partial charge is 0.258 e. The summed E-state index contributed by atoms with van der Waals surface area (Å²) in [5, 5.41) is 7.04. The van der Waals surface area contributed by atoms with Gasteiger partial charge in [-0.1, -0.05) is 0 Å². The molecule has 1 amide bonds. The molecule has 0 bridgehead atoms. The first kappa shape index (κ1) is 14.7. The van der Waals surface area contributed by atoms with E-state index in [1.165, 1.54) is 11.3 Å². The van der Waals surface area contributed by atoms with Crippen molar-refractivity contribution in [3.05, 3.63) is 46.2 Å². The lowest BCUT2D eigenvalue weighted by Gasteiger charge is -2.00. The molecule has 0 unspecified atom stereocenters. The highest BCUT2D eigenvalue weighted by Crippen LogP contribution is 2.24. The number of methoxy groups -OCH3 is 1. The van der Waals surface area contributed by atoms with Crippen molar-refractivity contribution in [2.75, 3.05) is 12.4 Å². The van der Waals surface area contributed by atoms with E-state index in [-0.39, 0.29) is 5.91 Å². The maximum Gasteiger partial charge on any atom is 0.258 e. The normalized spacial score (nSPS) is 10.5. The molecule has 3 aromatic rings. The highest BCUT2D eigenvalue weighted by molar-refractivity contribution is 7.10. The van der Waals surface area contributed by atoms with Crippen molar-refractivity contribution in [2.24, 2.45) is 0 Å². The number of hydrogen-bond donors (Lipinski definition) is 1. The van der Waals surface area contributed by atoms with Crippen LogP contribution < -0.4 is 10.1 Å². The maximum absolute atomic E-state index is 12.1. The average Bonchev–Trinajstić information content (AvgIpc) is 3.16. The van der Waals surface area contributed by atoms with Gasteiger partial charge in [-0.3, -0.25) is 10.1 Å². The molecule has 5 nitrogen and oxygen atoms in total. The van der Waals surface area contributed by atoms with E-state index in [4.69, 9.17) is 4.74 Å². The van der Waals surface area contributed by atoms with Gasteiger partial charge in [0.15, 0.2) is 5.82 Å². The molecule has 0 aliphatic rings. The summed E-state index contributed by atoms with van der Waals surface area (Å²) in [6.07, 6.45) is 0. The molecule has 0 saturated carbocycles. The molecule has 0 spiro atoms. The Bertz CT molecular complexity index is 793. The third kappa shape index (κ3) is 3.00. The van der Waals surface area contributed by atoms with Crippen molar-refractivity contribution in [1.29, 1.82) is 0 Å². The summed E-state index contributed by atoms with van der Waals surface area (Å²) in [5.41, 5.74) is 2.51. The van der Waals surface area contributed by atoms with Crippen LogP contribution in [0.5, 0.6) is 5.75 Å². The molecule has 0 atom stereocenters. The van der Waals surface area contributed by atoms with Gasteiger partial charge in [0.1, 0.15) is 5.75 Å². The highest BCUT2D eigenvalue weighted by atomic mass is 32.1. The molecule has 2 aromatic heterocycles. The van der Waals surface area contributed by atoms with Crippen LogP contribution in [0.1, 0.15) is 15.9 Å². The molecule has 22 heavy (non-hydrogen) atoms. The lowest BCUT2D eigenvalue weighted by molar-refractivity contribution is 0.102. The molecule has 1 N–H and O–H groups in total. The lowest BCUT2D eigenvalue weighted by Crippen LogP contribution is -2.11. The zero-order valence-corrected chi connectivity index (χ0v) is 13.6. The number of aryl methyl sites for hydroxylation is 1. The number of nitrogens with one attached hydrogen (secondary N) is 1. The van der Waals surface area contributed by atoms with Crippen LogP contribution in [0.4, 0.5) is 5.13 Å². The summed E-state index contributed by atoms with van der Waals surface area (Å²) in [4.78, 5) is 16.5. The number of amides is 1. The quantitative estimate of drug-likeness (QED) is 0.789. The number of thiophene rings is 1. The Balaban J connectivity index is 1.76. The van der Waals surface area contributed by atoms with Crippen LogP contribution in [0.2, 0.25) is 0 Å². The van der Waals surface area contributed by atoms with Gasteiger partial charge in [-0.2, -0.15) is 20.7 Å². The molecule has 0 aliphatic heterocycles. The first-order chi connectivity index (χ1) is 10.7. The summed E-state index contributed by atoms with van der Waals surface area (Å²) in [5.74, 6) is 1.21. The summed E-state index contributed by atoms with van der Waals surface area (Å²) in [6, 6.07) is 7.47. The number of benzene rings is 1. The van der Waals surface area contributed by atoms with Crippen molar-refractivity contribution < 1.29 is 9.53 Å². The SMILES string of the molecule is COc1ccc(-c2nsc(NC(=O)c3cscc3C)n2)cc1. The zero-order chi connectivity index (χ0) is 15.5. The van der Waals surface area contributed by atoms with Gasteiger partial charge in [0.2, 0.25) is 5.13 Å². The second-order valence-electron chi connectivity index (χ2n) is 4.57. The van der Waals surface area contributed by atoms with E-state index in [0.717, 1.165) is 28.4 Å². The van der Waals surface area contributed by atoms with Crippen LogP contribution in [0, 0.1) is 6.92 Å². The minimum atomic E-state index is -0.156. The Morgan fingerprint density at radius 1 is 1.23 bits per heavy atom. The summed E-state index contributed by atoms with van der Waals surface area (Å²) in [6.45, 7) is 1.91. The first-order valence-electron chi connectivity index (χ1n) is 6.49. The predicted molar refractivity (Wildman–Crippen MR) is 88.9 cm³/mol. The van der Waals surface area contributed by atoms with Gasteiger partial charge < -0.3 is 4.74 Å². The molecule has 3 rings (SSSR count). The standard InChI is InChI=1S/C15H13N3O2S2/c1-9-7-21-8-12(9)14(19)17-15-16-13(18-22-15)10-3-5-11(20-2)6-4-10/h3-8H,1-2H3,(H,16,17,18,19). The Hall–Kier alpha value is -2.25. The van der Waals surface area contributed by atoms with Crippen LogP contribution in [0.3, 0.4) is 0 Å². The van der Waals surface area contributed by atoms with Gasteiger partial charge >= 0.3 is 0 Å². The van der Waals surface area contributed by atoms with Gasteiger partial charge in [0.25, 0.3) is 5.91 Å². The molecule has 0 aliphatic carbocycles. The first-order valence-corrected chi connectivity index (χ1v) is 8.21. The minimum Gasteiger partial charge on any atom is -0.497 e. The third-order valence-corrected chi connectivity index (χ3v) is 4.59. The van der Waals surface area contributed by atoms with E-state index >= 15 is 0 Å². The van der Waals surface area contributed by atoms with E-state index in [2.05, 4.69) is 14.7 Å². The topological polar surface area (TPSA) is 64.1 Å². The monoisotopic (exact) mass is 331 g/mol. The Morgan fingerprint density at radius 3 is 2.64 bits per heavy atom. The van der Waals surface area contributed by atoms with Gasteiger partial charge in [0.05, 0.1) is 12.7 Å². The number of rotatable bonds is 4. The van der Waals surface area contributed by atoms with Gasteiger partial charge in [0, 0.05) is 22.5 Å². The number of nitrogens with zero attached hydrogens (tertiary/aromatic N) is 2. The molecular weight excluding hydrogens is 318 g/mol. The molecule has 2 heterocycles. The zero-order valence-electron chi connectivity index (χ0n) is 12.0. The van der Waals surface area contributed by atoms with E-state index in [9.17, 15) is 4.79 Å². The second kappa shape index (κ2) is 6.25. The summed E-state index contributed by atoms with van der Waals surface area (Å²) >= 11 is 2.67. The number of carbonyl (C=O) groups excluding carboxylic acids is 1. The van der Waals surface area contributed by atoms with Crippen LogP contribution in [0.15, 0.2) is 35.0 Å². The van der Waals surface area contributed by atoms with Crippen LogP contribution in [0.25, 0.3) is 11.4 Å². The Kier molecular flexibility index (Phi) is 4.17. The fourth-order valence-electron chi connectivity index (χ4n) is 1.89. The lowest BCUT2D eigenvalue weighted by atomic mass is 10.2. The molecule has 0 saturated heterocycles. The van der Waals surface area contributed by atoms with E-state index in [0.29, 0.717) is 16.5 Å². The Labute approximate surface area is 135 Å². The predicted octanol–water partition coefficient (Wildman–Crippen LogP) is 3.84. The summed E-state index contributed by atoms with van der Waals surface area (Å²) in [7, 11) is 1.62. The van der Waals surface area contributed by atoms with E-state index in [1.54, 1.807) is 7.11 Å². The number of aromatic nitrogens is 2. The molecule has 0 fully saturated rings. The number of carbonyl (C=O) groups is 1. The second-order valence-corrected chi connectivity index (χ2v) is 6.07. The number of hydrogen-bond acceptors (Lipinski definition) is 6. The fourth-order valence-corrected chi connectivity index (χ4v) is 3.30. The minimum absolute atomic E-state index is 0.156. The molecule has 0 radical (unpaired) electrons. The van der Waals surface area contributed by atoms with Crippen molar-refractivity contribution in [3.63, 3.8) is 0 Å². The van der Waals surface area contributed by atoms with Gasteiger partial charge in [-0.25, -0.2) is 0 Å². The highest BCUT2D eigenvalue weighted by Gasteiger charge is 2.13. The van der Waals surface area contributed by atoms with Gasteiger partial charge in [-0.15, -0.1) is 0 Å². The molecule has 7 heteroatoms. The van der Waals surface area contributed by atoms with Crippen LogP contribution in [-0.2, 0) is 0 Å². The van der Waals surface area contributed by atoms with Crippen molar-refractivity contribution in [2.45, 2.75) is 6.92 Å². The van der Waals surface area contributed by atoms with Crippen molar-refractivity contribution >= 4 is 33.9 Å². The van der Waals surface area contributed by atoms with E-state index in [1.807, 2.05) is 41.9 Å². The number of anilines is 1. The van der Waals surface area contributed by atoms with E-state index < -0.39 is 0 Å². The fraction of sp³-hybridized carbons (Fsp3) is 0.133. The average molecular weight is 331 g/mol. The summed E-state index contributed by atoms with van der Waals surface area (Å²) < 4.78 is 9.40. The third-order valence-electron chi connectivity index (χ3n) is 3.09. The number of ether oxygens (including phenoxy) is 1. The Morgan fingerprint density at radius 2 is 2.00 bits per heavy atom. The molecule has 1 aromatic carbocycles. The van der Waals surface area contributed by atoms with Crippen LogP contribution >= 0.6 is 22.9 Å².